The lowest BCUT2D eigenvalue weighted by atomic mass is 9.67. The summed E-state index contributed by atoms with van der Waals surface area (Å²) >= 11 is 0. The molecule has 0 fully saturated rings. The molecular weight excluding hydrogens is 480 g/mol. The lowest BCUT2D eigenvalue weighted by molar-refractivity contribution is -0.117. The van der Waals surface area contributed by atoms with Crippen molar-refractivity contribution < 1.29 is 24.8 Å². The maximum Gasteiger partial charge on any atom is 0.223 e. The highest BCUT2D eigenvalue weighted by Crippen LogP contribution is 2.50. The van der Waals surface area contributed by atoms with Gasteiger partial charge in [-0.05, 0) is 93.2 Å². The zero-order valence-corrected chi connectivity index (χ0v) is 23.3. The highest BCUT2D eigenvalue weighted by atomic mass is 16.5. The van der Waals surface area contributed by atoms with Crippen molar-refractivity contribution in [3.05, 3.63) is 68.9 Å². The van der Waals surface area contributed by atoms with Crippen LogP contribution >= 0.6 is 0 Å². The van der Waals surface area contributed by atoms with Crippen LogP contribution < -0.4 is 14.9 Å². The number of allylic oxidation sites excluding steroid dienone is 1. The topological polar surface area (TPSA) is 96.2 Å². The first-order valence-corrected chi connectivity index (χ1v) is 13.6. The van der Waals surface area contributed by atoms with Gasteiger partial charge in [-0.2, -0.15) is 0 Å². The number of fused-ring (bicyclic) bond motifs is 4. The monoisotopic (exact) mass is 520 g/mol. The summed E-state index contributed by atoms with van der Waals surface area (Å²) in [5, 5.41) is 32.4. The molecule has 2 heterocycles. The van der Waals surface area contributed by atoms with Crippen molar-refractivity contribution in [2.45, 2.75) is 91.0 Å². The minimum Gasteiger partial charge on any atom is -0.508 e. The highest BCUT2D eigenvalue weighted by molar-refractivity contribution is 5.48. The van der Waals surface area contributed by atoms with E-state index in [1.54, 1.807) is 12.1 Å². The Morgan fingerprint density at radius 2 is 1.50 bits per heavy atom. The first kappa shape index (κ1) is 26.6. The average molecular weight is 521 g/mol. The van der Waals surface area contributed by atoms with Gasteiger partial charge >= 0.3 is 0 Å². The Kier molecular flexibility index (Phi) is 6.33. The first-order valence-electron chi connectivity index (χ1n) is 13.6. The Morgan fingerprint density at radius 3 is 2.21 bits per heavy atom. The molecule has 0 amide bonds. The molecule has 3 aliphatic rings. The van der Waals surface area contributed by atoms with Crippen LogP contribution in [-0.2, 0) is 12.8 Å². The third-order valence-corrected chi connectivity index (χ3v) is 9.34. The Morgan fingerprint density at radius 1 is 0.868 bits per heavy atom. The van der Waals surface area contributed by atoms with Gasteiger partial charge < -0.3 is 24.8 Å². The lowest BCUT2D eigenvalue weighted by Gasteiger charge is -2.49. The van der Waals surface area contributed by atoms with Gasteiger partial charge in [0.2, 0.25) is 5.43 Å². The minimum atomic E-state index is -0.948. The van der Waals surface area contributed by atoms with Crippen molar-refractivity contribution in [1.29, 1.82) is 0 Å². The molecule has 2 aromatic carbocycles. The van der Waals surface area contributed by atoms with E-state index in [0.717, 1.165) is 35.1 Å². The van der Waals surface area contributed by atoms with E-state index in [0.29, 0.717) is 30.8 Å². The van der Waals surface area contributed by atoms with Crippen LogP contribution in [-0.4, -0.2) is 32.6 Å². The van der Waals surface area contributed by atoms with Gasteiger partial charge in [-0.3, -0.25) is 4.79 Å². The van der Waals surface area contributed by atoms with E-state index >= 15 is 0 Å². The molecule has 6 nitrogen and oxygen atoms in total. The Bertz CT molecular complexity index is 1360. The fraction of sp³-hybridized carbons (Fsp3) is 0.531. The Hall–Kier alpha value is -2.99. The standard InChI is InChI=1S/C32H40O6/c1-18-10-22(33)15-27-23(18)12-20-14-29(36)32(6)21(17-30(3,4)8-7-9-31(20,5)37-27)13-24-19(2)11-25(34)26(35)16-28(24)38-32/h7-8,10-11,15-16,20-21,29,33,36H,9,12-14,17H2,1-6H3,(H,34,35)/b8-7+/t20-,21-,29-,31-,32-/m0/s1. The van der Waals surface area contributed by atoms with Crippen molar-refractivity contribution in [2.75, 3.05) is 0 Å². The first-order chi connectivity index (χ1) is 17.7. The second-order valence-corrected chi connectivity index (χ2v) is 12.9. The van der Waals surface area contributed by atoms with Gasteiger partial charge in [0.1, 0.15) is 28.5 Å². The normalized spacial score (nSPS) is 32.7. The molecule has 0 bridgehead atoms. The molecule has 3 N–H and O–H groups in total. The van der Waals surface area contributed by atoms with Gasteiger partial charge in [0, 0.05) is 30.4 Å². The van der Waals surface area contributed by atoms with E-state index in [1.807, 2.05) is 20.8 Å². The summed E-state index contributed by atoms with van der Waals surface area (Å²) in [6.45, 7) is 12.3. The number of rotatable bonds is 0. The van der Waals surface area contributed by atoms with Gasteiger partial charge in [0.25, 0.3) is 0 Å². The van der Waals surface area contributed by atoms with Crippen LogP contribution in [0.4, 0.5) is 0 Å². The molecule has 0 radical (unpaired) electrons. The van der Waals surface area contributed by atoms with Crippen LogP contribution in [0.15, 0.2) is 41.2 Å². The summed E-state index contributed by atoms with van der Waals surface area (Å²) in [6, 6.07) is 6.33. The number of hydrogen-bond donors (Lipinski definition) is 3. The number of aryl methyl sites for hydroxylation is 2. The number of phenolic OH excluding ortho intramolecular Hbond substituents is 1. The van der Waals surface area contributed by atoms with Crippen molar-refractivity contribution in [3.8, 4) is 23.0 Å². The maximum absolute atomic E-state index is 12.5. The van der Waals surface area contributed by atoms with Crippen molar-refractivity contribution in [1.82, 2.24) is 0 Å². The summed E-state index contributed by atoms with van der Waals surface area (Å²) < 4.78 is 13.3. The van der Waals surface area contributed by atoms with Gasteiger partial charge in [-0.25, -0.2) is 0 Å². The minimum absolute atomic E-state index is 0.00527. The molecule has 38 heavy (non-hydrogen) atoms. The molecule has 0 unspecified atom stereocenters. The second kappa shape index (κ2) is 9.04. The van der Waals surface area contributed by atoms with Crippen LogP contribution in [0, 0.1) is 31.1 Å². The van der Waals surface area contributed by atoms with Crippen LogP contribution in [0.5, 0.6) is 23.0 Å². The average Bonchev–Trinajstić information content (AvgIpc) is 2.90. The fourth-order valence-corrected chi connectivity index (χ4v) is 6.85. The number of benzene rings is 1. The maximum atomic E-state index is 12.5. The van der Waals surface area contributed by atoms with E-state index in [1.165, 1.54) is 12.1 Å². The molecule has 1 aliphatic carbocycles. The number of aromatic hydroxyl groups is 2. The molecule has 5 rings (SSSR count). The van der Waals surface area contributed by atoms with Gasteiger partial charge in [0.05, 0.1) is 6.10 Å². The number of hydrogen-bond acceptors (Lipinski definition) is 6. The van der Waals surface area contributed by atoms with E-state index in [9.17, 15) is 20.1 Å². The van der Waals surface area contributed by atoms with Crippen LogP contribution in [0.2, 0.25) is 0 Å². The number of aliphatic hydroxyl groups is 1. The third-order valence-electron chi connectivity index (χ3n) is 9.34. The van der Waals surface area contributed by atoms with E-state index in [2.05, 4.69) is 32.9 Å². The molecule has 0 saturated heterocycles. The molecule has 5 atom stereocenters. The summed E-state index contributed by atoms with van der Waals surface area (Å²) in [7, 11) is 0. The number of phenols is 1. The molecule has 0 saturated carbocycles. The van der Waals surface area contributed by atoms with Crippen LogP contribution in [0.1, 0.15) is 69.2 Å². The van der Waals surface area contributed by atoms with Crippen molar-refractivity contribution >= 4 is 0 Å². The second-order valence-electron chi connectivity index (χ2n) is 12.9. The third kappa shape index (κ3) is 4.57. The molecule has 0 aromatic heterocycles. The van der Waals surface area contributed by atoms with Crippen molar-refractivity contribution in [2.24, 2.45) is 17.3 Å². The quantitative estimate of drug-likeness (QED) is 0.396. The molecule has 6 heteroatoms. The smallest absolute Gasteiger partial charge is 0.223 e. The molecule has 2 aliphatic heterocycles. The van der Waals surface area contributed by atoms with Crippen LogP contribution in [0.3, 0.4) is 0 Å². The lowest BCUT2D eigenvalue weighted by Crippen LogP contribution is -2.57. The van der Waals surface area contributed by atoms with Gasteiger partial charge in [-0.1, -0.05) is 26.0 Å². The summed E-state index contributed by atoms with van der Waals surface area (Å²) in [6.07, 6.45) is 6.90. The van der Waals surface area contributed by atoms with E-state index in [-0.39, 0.29) is 28.7 Å². The summed E-state index contributed by atoms with van der Waals surface area (Å²) in [5.74, 6) is 1.00. The van der Waals surface area contributed by atoms with Crippen molar-refractivity contribution in [3.63, 3.8) is 0 Å². The number of ether oxygens (including phenoxy) is 2. The van der Waals surface area contributed by atoms with E-state index in [4.69, 9.17) is 9.47 Å². The molecule has 0 spiro atoms. The largest absolute Gasteiger partial charge is 0.508 e. The zero-order chi connectivity index (χ0) is 27.6. The fourth-order valence-electron chi connectivity index (χ4n) is 6.85. The highest BCUT2D eigenvalue weighted by Gasteiger charge is 2.51. The Labute approximate surface area is 224 Å². The van der Waals surface area contributed by atoms with Gasteiger partial charge in [0.15, 0.2) is 5.75 Å². The van der Waals surface area contributed by atoms with E-state index < -0.39 is 22.7 Å². The van der Waals surface area contributed by atoms with Crippen LogP contribution in [0.25, 0.3) is 0 Å². The molecular formula is C32H40O6. The predicted octanol–water partition coefficient (Wildman–Crippen LogP) is 5.52. The summed E-state index contributed by atoms with van der Waals surface area (Å²) in [5.41, 5.74) is 1.54. The Balaban J connectivity index is 1.61. The van der Waals surface area contributed by atoms with Gasteiger partial charge in [-0.15, -0.1) is 0 Å². The number of aliphatic hydroxyl groups excluding tert-OH is 1. The zero-order valence-electron chi connectivity index (χ0n) is 23.3. The molecule has 2 aromatic rings. The molecule has 204 valence electrons. The predicted molar refractivity (Wildman–Crippen MR) is 147 cm³/mol. The SMILES string of the molecule is Cc1cc(O)c(=O)cc2c1C[C@H]1CC(C)(C)/C=C/C[C@]3(C)Oc4cc(O)cc(C)c4C[C@H]3C[C@H](O)[C@@]1(C)O2. The summed E-state index contributed by atoms with van der Waals surface area (Å²) in [4.78, 5) is 12.5.